The number of nitrogens with zero attached hydrogens (tertiary/aromatic N) is 1. The van der Waals surface area contributed by atoms with Gasteiger partial charge in [0.25, 0.3) is 5.91 Å². The lowest BCUT2D eigenvalue weighted by Gasteiger charge is -2.36. The Labute approximate surface area is 228 Å². The number of alkyl carbamates (subject to hydrolysis) is 1. The first-order chi connectivity index (χ1) is 17.8. The molecule has 0 heterocycles. The molecule has 0 bridgehead atoms. The van der Waals surface area contributed by atoms with Gasteiger partial charge in [-0.1, -0.05) is 75.2 Å². The highest BCUT2D eigenvalue weighted by atomic mass is 16.6. The van der Waals surface area contributed by atoms with Crippen LogP contribution in [0.1, 0.15) is 82.7 Å². The summed E-state index contributed by atoms with van der Waals surface area (Å²) in [5.41, 5.74) is 3.63. The molecule has 3 unspecified atom stereocenters. The van der Waals surface area contributed by atoms with Crippen molar-refractivity contribution in [2.45, 2.75) is 92.8 Å². The van der Waals surface area contributed by atoms with Gasteiger partial charge in [0.1, 0.15) is 17.7 Å². The second-order valence-electron chi connectivity index (χ2n) is 11.1. The monoisotopic (exact) mass is 523 g/mol. The maximum atomic E-state index is 14.2. The molecular formula is C31H45N3O4. The molecule has 3 amide bonds. The summed E-state index contributed by atoms with van der Waals surface area (Å²) in [4.78, 5) is 42.5. The van der Waals surface area contributed by atoms with Gasteiger partial charge in [-0.3, -0.25) is 9.59 Å². The van der Waals surface area contributed by atoms with Crippen molar-refractivity contribution >= 4 is 23.6 Å². The summed E-state index contributed by atoms with van der Waals surface area (Å²) >= 11 is 0. The van der Waals surface area contributed by atoms with E-state index in [0.29, 0.717) is 19.4 Å². The summed E-state index contributed by atoms with van der Waals surface area (Å²) < 4.78 is 5.47. The van der Waals surface area contributed by atoms with Crippen LogP contribution >= 0.6 is 0 Å². The molecule has 208 valence electrons. The second-order valence-corrected chi connectivity index (χ2v) is 11.1. The SMILES string of the molecule is CCCN(C(=O)C(NC(=O)OC(C)(C)C)C(C)CC)C(C(=O)Nc1c(C)cccc1C)c1cccc(C)c1. The number of hydrogen-bond acceptors (Lipinski definition) is 4. The molecule has 0 aliphatic carbocycles. The highest BCUT2D eigenvalue weighted by Gasteiger charge is 2.38. The van der Waals surface area contributed by atoms with Crippen molar-refractivity contribution in [2.75, 3.05) is 11.9 Å². The van der Waals surface area contributed by atoms with Gasteiger partial charge in [-0.15, -0.1) is 0 Å². The number of carbonyl (C=O) groups is 3. The molecule has 2 aromatic rings. The van der Waals surface area contributed by atoms with Crippen LogP contribution in [0.5, 0.6) is 0 Å². The molecule has 38 heavy (non-hydrogen) atoms. The molecule has 0 aromatic heterocycles. The van der Waals surface area contributed by atoms with Crippen molar-refractivity contribution in [1.82, 2.24) is 10.2 Å². The van der Waals surface area contributed by atoms with Crippen LogP contribution in [0, 0.1) is 26.7 Å². The van der Waals surface area contributed by atoms with Gasteiger partial charge in [0.05, 0.1) is 0 Å². The number of carbonyl (C=O) groups excluding carboxylic acids is 3. The average Bonchev–Trinajstić information content (AvgIpc) is 2.82. The summed E-state index contributed by atoms with van der Waals surface area (Å²) in [7, 11) is 0. The lowest BCUT2D eigenvalue weighted by molar-refractivity contribution is -0.141. The molecule has 2 aromatic carbocycles. The topological polar surface area (TPSA) is 87.7 Å². The van der Waals surface area contributed by atoms with Crippen LogP contribution in [0.25, 0.3) is 0 Å². The quantitative estimate of drug-likeness (QED) is 0.374. The third-order valence-corrected chi connectivity index (χ3v) is 6.55. The lowest BCUT2D eigenvalue weighted by Crippen LogP contribution is -2.55. The molecule has 0 saturated carbocycles. The normalized spacial score (nSPS) is 13.7. The highest BCUT2D eigenvalue weighted by Crippen LogP contribution is 2.28. The first kappa shape index (κ1) is 30.9. The van der Waals surface area contributed by atoms with Crippen molar-refractivity contribution in [3.05, 3.63) is 64.7 Å². The Balaban J connectivity index is 2.56. The molecule has 3 atom stereocenters. The minimum Gasteiger partial charge on any atom is -0.444 e. The molecule has 0 radical (unpaired) electrons. The number of amides is 3. The van der Waals surface area contributed by atoms with Gasteiger partial charge in [0.15, 0.2) is 0 Å². The van der Waals surface area contributed by atoms with Gasteiger partial charge >= 0.3 is 6.09 Å². The molecule has 0 saturated heterocycles. The van der Waals surface area contributed by atoms with Crippen LogP contribution in [-0.4, -0.2) is 41.0 Å². The number of nitrogens with one attached hydrogen (secondary N) is 2. The Morgan fingerprint density at radius 1 is 0.974 bits per heavy atom. The lowest BCUT2D eigenvalue weighted by atomic mass is 9.95. The predicted octanol–water partition coefficient (Wildman–Crippen LogP) is 6.47. The first-order valence-electron chi connectivity index (χ1n) is 13.5. The molecule has 0 spiro atoms. The number of hydrogen-bond donors (Lipinski definition) is 2. The van der Waals surface area contributed by atoms with Crippen LogP contribution < -0.4 is 10.6 Å². The Bertz CT molecular complexity index is 1100. The second kappa shape index (κ2) is 13.4. The fourth-order valence-corrected chi connectivity index (χ4v) is 4.42. The number of anilines is 1. The number of aryl methyl sites for hydroxylation is 3. The number of benzene rings is 2. The van der Waals surface area contributed by atoms with Gasteiger partial charge in [0, 0.05) is 12.2 Å². The van der Waals surface area contributed by atoms with E-state index in [1.54, 1.807) is 25.7 Å². The molecule has 0 fully saturated rings. The smallest absolute Gasteiger partial charge is 0.408 e. The molecule has 2 N–H and O–H groups in total. The fraction of sp³-hybridized carbons (Fsp3) is 0.516. The van der Waals surface area contributed by atoms with Crippen molar-refractivity contribution in [1.29, 1.82) is 0 Å². The van der Waals surface area contributed by atoms with Crippen molar-refractivity contribution < 1.29 is 19.1 Å². The zero-order chi connectivity index (χ0) is 28.6. The summed E-state index contributed by atoms with van der Waals surface area (Å²) in [6.07, 6.45) is 0.653. The highest BCUT2D eigenvalue weighted by molar-refractivity contribution is 6.00. The summed E-state index contributed by atoms with van der Waals surface area (Å²) in [6.45, 7) is 17.4. The minimum absolute atomic E-state index is 0.172. The first-order valence-corrected chi connectivity index (χ1v) is 13.5. The Kier molecular flexibility index (Phi) is 10.9. The van der Waals surface area contributed by atoms with Gasteiger partial charge in [0.2, 0.25) is 5.91 Å². The van der Waals surface area contributed by atoms with E-state index in [9.17, 15) is 14.4 Å². The third kappa shape index (κ3) is 8.33. The maximum absolute atomic E-state index is 14.2. The van der Waals surface area contributed by atoms with Gasteiger partial charge in [-0.25, -0.2) is 4.79 Å². The van der Waals surface area contributed by atoms with Crippen LogP contribution in [0.3, 0.4) is 0 Å². The maximum Gasteiger partial charge on any atom is 0.408 e. The van der Waals surface area contributed by atoms with Crippen molar-refractivity contribution in [2.24, 2.45) is 5.92 Å². The van der Waals surface area contributed by atoms with Gasteiger partial charge in [-0.2, -0.15) is 0 Å². The van der Waals surface area contributed by atoms with E-state index in [-0.39, 0.29) is 17.7 Å². The third-order valence-electron chi connectivity index (χ3n) is 6.55. The van der Waals surface area contributed by atoms with E-state index in [1.807, 2.05) is 84.0 Å². The van der Waals surface area contributed by atoms with E-state index in [4.69, 9.17) is 4.74 Å². The van der Waals surface area contributed by atoms with E-state index in [1.165, 1.54) is 0 Å². The van der Waals surface area contributed by atoms with Crippen molar-refractivity contribution in [3.63, 3.8) is 0 Å². The van der Waals surface area contributed by atoms with E-state index in [2.05, 4.69) is 10.6 Å². The van der Waals surface area contributed by atoms with E-state index in [0.717, 1.165) is 27.9 Å². The molecule has 0 aliphatic heterocycles. The number of para-hydroxylation sites is 1. The summed E-state index contributed by atoms with van der Waals surface area (Å²) in [6, 6.07) is 11.8. The van der Waals surface area contributed by atoms with E-state index < -0.39 is 23.8 Å². The number of ether oxygens (including phenoxy) is 1. The summed E-state index contributed by atoms with van der Waals surface area (Å²) in [5.74, 6) is -0.778. The minimum atomic E-state index is -0.881. The van der Waals surface area contributed by atoms with Gasteiger partial charge in [-0.05, 0) is 70.6 Å². The Morgan fingerprint density at radius 2 is 1.58 bits per heavy atom. The zero-order valence-electron chi connectivity index (χ0n) is 24.5. The molecule has 0 aliphatic rings. The van der Waals surface area contributed by atoms with Crippen LogP contribution in [-0.2, 0) is 14.3 Å². The fourth-order valence-electron chi connectivity index (χ4n) is 4.42. The molecular weight excluding hydrogens is 478 g/mol. The van der Waals surface area contributed by atoms with Crippen LogP contribution in [0.2, 0.25) is 0 Å². The molecule has 7 heteroatoms. The van der Waals surface area contributed by atoms with Crippen LogP contribution in [0.15, 0.2) is 42.5 Å². The Hall–Kier alpha value is -3.35. The largest absolute Gasteiger partial charge is 0.444 e. The predicted molar refractivity (Wildman–Crippen MR) is 153 cm³/mol. The van der Waals surface area contributed by atoms with E-state index >= 15 is 0 Å². The van der Waals surface area contributed by atoms with Crippen LogP contribution in [0.4, 0.5) is 10.5 Å². The summed E-state index contributed by atoms with van der Waals surface area (Å²) in [5, 5.41) is 5.90. The zero-order valence-corrected chi connectivity index (χ0v) is 24.5. The van der Waals surface area contributed by atoms with Gasteiger partial charge < -0.3 is 20.3 Å². The average molecular weight is 524 g/mol. The number of rotatable bonds is 10. The van der Waals surface area contributed by atoms with Crippen molar-refractivity contribution in [3.8, 4) is 0 Å². The standard InChI is InChI=1S/C31H45N3O4/c1-10-18-34(29(36)26(21(4)11-2)33-30(37)38-31(7,8)9)27(24-17-12-14-20(3)19-24)28(35)32-25-22(5)15-13-16-23(25)6/h12-17,19,21,26-27H,10-11,18H2,1-9H3,(H,32,35)(H,33,37). The molecule has 7 nitrogen and oxygen atoms in total. The Morgan fingerprint density at radius 3 is 2.11 bits per heavy atom. The molecule has 2 rings (SSSR count).